The number of unbranched alkanes of at least 4 members (excludes halogenated alkanes) is 2. The van der Waals surface area contributed by atoms with Crippen molar-refractivity contribution in [2.24, 2.45) is 0 Å². The van der Waals surface area contributed by atoms with Crippen molar-refractivity contribution in [2.45, 2.75) is 64.4 Å². The number of nitrogen functional groups attached to an aromatic ring is 1. The van der Waals surface area contributed by atoms with Crippen LogP contribution in [0.3, 0.4) is 0 Å². The van der Waals surface area contributed by atoms with E-state index in [0.717, 1.165) is 17.4 Å². The van der Waals surface area contributed by atoms with Gasteiger partial charge in [0, 0.05) is 12.6 Å². The van der Waals surface area contributed by atoms with Crippen LogP contribution in [0, 0.1) is 0 Å². The smallest absolute Gasteiger partial charge is 0.756 e. The third kappa shape index (κ3) is 11.9. The molecule has 1 aliphatic rings. The van der Waals surface area contributed by atoms with Gasteiger partial charge in [-0.3, -0.25) is 13.7 Å². The first-order valence-corrected chi connectivity index (χ1v) is 13.2. The van der Waals surface area contributed by atoms with Crippen molar-refractivity contribution in [2.75, 3.05) is 25.6 Å². The zero-order valence-electron chi connectivity index (χ0n) is 20.0. The summed E-state index contributed by atoms with van der Waals surface area (Å²) in [5.41, 5.74) is 4.76. The Labute approximate surface area is 242 Å². The molecular weight excluding hydrogens is 514 g/mol. The Kier molecular flexibility index (Phi) is 17.1. The zero-order valence-corrected chi connectivity index (χ0v) is 25.8. The number of nitrogens with zero attached hydrogens (tertiary/aromatic N) is 2. The molecule has 5 atom stereocenters. The molecule has 2 heterocycles. The molecular formula is C17H29N3Na2O10P2. The molecule has 0 radical (unpaired) electrons. The van der Waals surface area contributed by atoms with Gasteiger partial charge in [0.1, 0.15) is 18.1 Å². The molecule has 0 saturated carbocycles. The van der Waals surface area contributed by atoms with Gasteiger partial charge in [0.05, 0.1) is 25.9 Å². The summed E-state index contributed by atoms with van der Waals surface area (Å²) in [7, 11) is -9.36. The zero-order chi connectivity index (χ0) is 23.8. The summed E-state index contributed by atoms with van der Waals surface area (Å²) in [6.07, 6.45) is 0.372. The van der Waals surface area contributed by atoms with Crippen molar-refractivity contribution < 1.29 is 101 Å². The second kappa shape index (κ2) is 16.7. The molecule has 1 aliphatic heterocycles. The van der Waals surface area contributed by atoms with Crippen LogP contribution >= 0.6 is 15.6 Å². The van der Waals surface area contributed by atoms with Gasteiger partial charge in [0.15, 0.2) is 0 Å². The normalized spacial score (nSPS) is 23.4. The van der Waals surface area contributed by atoms with Gasteiger partial charge in [0.2, 0.25) is 0 Å². The molecule has 0 bridgehead atoms. The Balaban J connectivity index is 0.00000544. The van der Waals surface area contributed by atoms with Gasteiger partial charge in [-0.25, -0.2) is 4.79 Å². The number of hydrogen-bond donors (Lipinski definition) is 1. The molecule has 2 rings (SSSR count). The van der Waals surface area contributed by atoms with E-state index in [1.54, 1.807) is 0 Å². The molecule has 1 aromatic heterocycles. The summed E-state index contributed by atoms with van der Waals surface area (Å²) in [5.74, 6) is 0.00170. The maximum Gasteiger partial charge on any atom is 1.00 e. The minimum Gasteiger partial charge on any atom is -0.756 e. The third-order valence-corrected chi connectivity index (χ3v) is 6.49. The topological polar surface area (TPSA) is 187 Å². The van der Waals surface area contributed by atoms with Crippen LogP contribution in [0.5, 0.6) is 0 Å². The summed E-state index contributed by atoms with van der Waals surface area (Å²) in [5, 5.41) is 0. The predicted molar refractivity (Wildman–Crippen MR) is 109 cm³/mol. The number of phosphoric acid groups is 2. The predicted octanol–water partition coefficient (Wildman–Crippen LogP) is -4.91. The Bertz CT molecular complexity index is 893. The molecule has 0 amide bonds. The molecule has 0 aliphatic carbocycles. The fraction of sp³-hybridized carbons (Fsp3) is 0.765. The van der Waals surface area contributed by atoms with Gasteiger partial charge in [-0.15, -0.1) is 0 Å². The fourth-order valence-corrected chi connectivity index (χ4v) is 4.54. The maximum absolute atomic E-state index is 12.2. The van der Waals surface area contributed by atoms with E-state index >= 15 is 0 Å². The minimum atomic E-state index is -4.72. The van der Waals surface area contributed by atoms with Crippen molar-refractivity contribution in [1.29, 1.82) is 0 Å². The van der Waals surface area contributed by atoms with Gasteiger partial charge in [-0.05, 0) is 18.9 Å². The Morgan fingerprint density at radius 1 is 1.12 bits per heavy atom. The molecule has 1 aromatic rings. The number of phosphoric ester groups is 2. The van der Waals surface area contributed by atoms with Crippen LogP contribution in [0.2, 0.25) is 0 Å². The second-order valence-electron chi connectivity index (χ2n) is 7.11. The summed E-state index contributed by atoms with van der Waals surface area (Å²) in [6.45, 7) is 3.05. The quantitative estimate of drug-likeness (QED) is 0.134. The van der Waals surface area contributed by atoms with Crippen molar-refractivity contribution in [3.63, 3.8) is 0 Å². The van der Waals surface area contributed by atoms with E-state index in [-0.39, 0.29) is 84.6 Å². The van der Waals surface area contributed by atoms with E-state index in [1.807, 2.05) is 13.8 Å². The number of anilines is 1. The first-order valence-electron chi connectivity index (χ1n) is 10.3. The van der Waals surface area contributed by atoms with Crippen molar-refractivity contribution in [3.8, 4) is 0 Å². The summed E-state index contributed by atoms with van der Waals surface area (Å²) < 4.78 is 50.4. The molecule has 0 spiro atoms. The van der Waals surface area contributed by atoms with Crippen molar-refractivity contribution in [3.05, 3.63) is 22.7 Å². The molecule has 17 heteroatoms. The second-order valence-corrected chi connectivity index (χ2v) is 9.89. The Morgan fingerprint density at radius 2 is 1.71 bits per heavy atom. The van der Waals surface area contributed by atoms with E-state index < -0.39 is 46.4 Å². The number of hydrogen-bond acceptors (Lipinski definition) is 12. The first kappa shape index (κ1) is 34.9. The van der Waals surface area contributed by atoms with Crippen LogP contribution in [-0.4, -0.2) is 41.6 Å². The fourth-order valence-electron chi connectivity index (χ4n) is 2.82. The maximum atomic E-state index is 12.2. The van der Waals surface area contributed by atoms with Gasteiger partial charge < -0.3 is 38.4 Å². The Morgan fingerprint density at radius 3 is 2.26 bits per heavy atom. The monoisotopic (exact) mass is 543 g/mol. The van der Waals surface area contributed by atoms with Gasteiger partial charge in [-0.1, -0.05) is 26.7 Å². The van der Waals surface area contributed by atoms with Crippen LogP contribution in [0.15, 0.2) is 17.1 Å². The van der Waals surface area contributed by atoms with Gasteiger partial charge >= 0.3 is 64.8 Å². The SMILES string of the molecule is CCCCOP(=O)([O-])OC[C@H]1O[C@@H](n2ccc(N)nc2=O)C[C@@H]1OP(=O)([O-])OCCCC.[Na+].[Na+]. The Hall–Kier alpha value is 0.860. The summed E-state index contributed by atoms with van der Waals surface area (Å²) in [4.78, 5) is 39.8. The van der Waals surface area contributed by atoms with E-state index in [9.17, 15) is 23.7 Å². The summed E-state index contributed by atoms with van der Waals surface area (Å²) in [6, 6.07) is 1.37. The number of ether oxygens (including phenoxy) is 1. The van der Waals surface area contributed by atoms with Crippen LogP contribution in [0.4, 0.5) is 5.82 Å². The van der Waals surface area contributed by atoms with Crippen molar-refractivity contribution >= 4 is 21.5 Å². The largest absolute Gasteiger partial charge is 1.00 e. The third-order valence-electron chi connectivity index (χ3n) is 4.50. The van der Waals surface area contributed by atoms with E-state index in [4.69, 9.17) is 28.6 Å². The molecule has 0 aromatic carbocycles. The number of rotatable bonds is 14. The average molecular weight is 543 g/mol. The van der Waals surface area contributed by atoms with Crippen LogP contribution < -0.4 is 80.3 Å². The molecule has 184 valence electrons. The van der Waals surface area contributed by atoms with E-state index in [0.29, 0.717) is 12.8 Å². The molecule has 2 unspecified atom stereocenters. The van der Waals surface area contributed by atoms with Crippen LogP contribution in [0.1, 0.15) is 52.2 Å². The van der Waals surface area contributed by atoms with E-state index in [1.165, 1.54) is 12.3 Å². The van der Waals surface area contributed by atoms with Crippen LogP contribution in [-0.2, 0) is 32.0 Å². The molecule has 2 N–H and O–H groups in total. The number of aromatic nitrogens is 2. The summed E-state index contributed by atoms with van der Waals surface area (Å²) >= 11 is 0. The van der Waals surface area contributed by atoms with Crippen LogP contribution in [0.25, 0.3) is 0 Å². The molecule has 1 saturated heterocycles. The molecule has 13 nitrogen and oxygen atoms in total. The standard InChI is InChI=1S/C17H31N3O10P2.2Na/c1-3-5-9-26-31(22,23)28-12-14-13(30-32(24,25)27-10-6-4-2)11-16(29-14)20-8-7-15(18)19-17(20)21;;/h7-8,13-14,16H,3-6,9-12H2,1-2H3,(H,22,23)(H,24,25)(H2,18,19,21);;/q;2*+1/p-2/t13-,14+,16+;;/m0../s1. The number of nitrogens with two attached hydrogens (primary N) is 1. The average Bonchev–Trinajstić information content (AvgIpc) is 3.08. The molecule has 1 fully saturated rings. The first-order chi connectivity index (χ1) is 15.1. The van der Waals surface area contributed by atoms with Gasteiger partial charge in [-0.2, -0.15) is 4.98 Å². The van der Waals surface area contributed by atoms with E-state index in [2.05, 4.69) is 4.98 Å². The van der Waals surface area contributed by atoms with Crippen molar-refractivity contribution in [1.82, 2.24) is 9.55 Å². The minimum absolute atomic E-state index is 0. The molecule has 34 heavy (non-hydrogen) atoms. The van der Waals surface area contributed by atoms with Gasteiger partial charge in [0.25, 0.3) is 15.6 Å².